The zero-order valence-electron chi connectivity index (χ0n) is 14.8. The number of aromatic nitrogens is 4. The molecule has 3 rings (SSSR count). The number of aryl methyl sites for hydroxylation is 2. The third-order valence-corrected chi connectivity index (χ3v) is 4.48. The van der Waals surface area contributed by atoms with E-state index in [-0.39, 0.29) is 18.3 Å². The fraction of sp³-hybridized carbons (Fsp3) is 0.588. The normalized spacial score (nSPS) is 16.1. The van der Waals surface area contributed by atoms with Crippen molar-refractivity contribution in [3.8, 4) is 0 Å². The molecule has 1 aliphatic carbocycles. The highest BCUT2D eigenvalue weighted by Gasteiger charge is 2.43. The lowest BCUT2D eigenvalue weighted by Crippen LogP contribution is -2.53. The van der Waals surface area contributed by atoms with Gasteiger partial charge in [0.05, 0.1) is 13.0 Å². The van der Waals surface area contributed by atoms with Crippen LogP contribution in [0.25, 0.3) is 5.78 Å². The van der Waals surface area contributed by atoms with E-state index in [1.165, 1.54) is 0 Å². The molecule has 1 amide bonds. The van der Waals surface area contributed by atoms with Gasteiger partial charge in [0.2, 0.25) is 5.91 Å². The molecule has 134 valence electrons. The minimum Gasteiger partial charge on any atom is -0.464 e. The molecule has 0 atom stereocenters. The van der Waals surface area contributed by atoms with E-state index in [2.05, 4.69) is 20.4 Å². The summed E-state index contributed by atoms with van der Waals surface area (Å²) in [5.41, 5.74) is 0.845. The molecule has 25 heavy (non-hydrogen) atoms. The number of nitrogens with zero attached hydrogens (tertiary/aromatic N) is 4. The average molecular weight is 345 g/mol. The van der Waals surface area contributed by atoms with Crippen molar-refractivity contribution in [1.82, 2.24) is 24.9 Å². The first-order valence-corrected chi connectivity index (χ1v) is 8.61. The number of nitrogens with one attached hydrogen (secondary N) is 1. The van der Waals surface area contributed by atoms with E-state index >= 15 is 0 Å². The van der Waals surface area contributed by atoms with E-state index in [1.807, 2.05) is 19.9 Å². The quantitative estimate of drug-likeness (QED) is 0.820. The predicted molar refractivity (Wildman–Crippen MR) is 89.9 cm³/mol. The summed E-state index contributed by atoms with van der Waals surface area (Å²) >= 11 is 0. The Kier molecular flexibility index (Phi) is 4.69. The van der Waals surface area contributed by atoms with Crippen molar-refractivity contribution in [3.63, 3.8) is 0 Å². The summed E-state index contributed by atoms with van der Waals surface area (Å²) in [5.74, 6) is 0.231. The van der Waals surface area contributed by atoms with Crippen molar-refractivity contribution in [2.75, 3.05) is 6.61 Å². The molecule has 0 bridgehead atoms. The van der Waals surface area contributed by atoms with Crippen LogP contribution in [0.4, 0.5) is 0 Å². The molecule has 0 saturated heterocycles. The molecule has 8 heteroatoms. The van der Waals surface area contributed by atoms with Crippen LogP contribution in [0.2, 0.25) is 0 Å². The van der Waals surface area contributed by atoms with Crippen molar-refractivity contribution >= 4 is 17.7 Å². The molecule has 1 fully saturated rings. The fourth-order valence-corrected chi connectivity index (χ4v) is 3.37. The lowest BCUT2D eigenvalue weighted by Gasteiger charge is -2.27. The maximum Gasteiger partial charge on any atom is 0.331 e. The predicted octanol–water partition coefficient (Wildman–Crippen LogP) is 1.28. The van der Waals surface area contributed by atoms with Gasteiger partial charge in [-0.05, 0) is 39.7 Å². The van der Waals surface area contributed by atoms with Gasteiger partial charge < -0.3 is 10.1 Å². The third-order valence-electron chi connectivity index (χ3n) is 4.48. The number of ether oxygens (including phenoxy) is 1. The zero-order chi connectivity index (χ0) is 18.0. The van der Waals surface area contributed by atoms with Gasteiger partial charge in [-0.25, -0.2) is 14.3 Å². The van der Waals surface area contributed by atoms with Gasteiger partial charge in [0.1, 0.15) is 5.54 Å². The highest BCUT2D eigenvalue weighted by Crippen LogP contribution is 2.31. The van der Waals surface area contributed by atoms with Crippen LogP contribution in [0.5, 0.6) is 0 Å². The summed E-state index contributed by atoms with van der Waals surface area (Å²) in [7, 11) is 0. The molecule has 0 radical (unpaired) electrons. The summed E-state index contributed by atoms with van der Waals surface area (Å²) < 4.78 is 6.78. The van der Waals surface area contributed by atoms with Crippen molar-refractivity contribution in [3.05, 3.63) is 23.3 Å². The van der Waals surface area contributed by atoms with Gasteiger partial charge in [-0.2, -0.15) is 4.98 Å². The van der Waals surface area contributed by atoms with Crippen LogP contribution in [-0.2, 0) is 20.7 Å². The first-order chi connectivity index (χ1) is 11.9. The zero-order valence-corrected chi connectivity index (χ0v) is 14.8. The highest BCUT2D eigenvalue weighted by molar-refractivity contribution is 5.89. The minimum atomic E-state index is -0.906. The van der Waals surface area contributed by atoms with E-state index in [0.29, 0.717) is 31.1 Å². The monoisotopic (exact) mass is 345 g/mol. The van der Waals surface area contributed by atoms with E-state index < -0.39 is 5.54 Å². The van der Waals surface area contributed by atoms with Gasteiger partial charge in [0.15, 0.2) is 5.82 Å². The van der Waals surface area contributed by atoms with Gasteiger partial charge >= 0.3 is 5.97 Å². The van der Waals surface area contributed by atoms with Crippen LogP contribution in [0.3, 0.4) is 0 Å². The molecule has 2 aromatic heterocycles. The standard InChI is InChI=1S/C17H23N5O3/c1-4-25-15(24)17(7-5-6-8-17)20-14(23)10-13-19-16-18-11(2)9-12(3)22(16)21-13/h9H,4-8,10H2,1-3H3,(H,20,23). The van der Waals surface area contributed by atoms with Crippen molar-refractivity contribution in [2.24, 2.45) is 0 Å². The maximum atomic E-state index is 12.5. The number of carbonyl (C=O) groups is 2. The molecule has 0 aromatic carbocycles. The SMILES string of the molecule is CCOC(=O)C1(NC(=O)Cc2nc3nc(C)cc(C)n3n2)CCCC1. The Labute approximate surface area is 146 Å². The van der Waals surface area contributed by atoms with Crippen LogP contribution in [0, 0.1) is 13.8 Å². The second-order valence-corrected chi connectivity index (χ2v) is 6.51. The first kappa shape index (κ1) is 17.3. The lowest BCUT2D eigenvalue weighted by molar-refractivity contribution is -0.153. The van der Waals surface area contributed by atoms with Crippen LogP contribution in [0.15, 0.2) is 6.07 Å². The van der Waals surface area contributed by atoms with Gasteiger partial charge in [-0.1, -0.05) is 12.8 Å². The lowest BCUT2D eigenvalue weighted by atomic mass is 9.97. The number of fused-ring (bicyclic) bond motifs is 1. The van der Waals surface area contributed by atoms with Crippen molar-refractivity contribution < 1.29 is 14.3 Å². The minimum absolute atomic E-state index is 0.00298. The van der Waals surface area contributed by atoms with Crippen LogP contribution >= 0.6 is 0 Å². The molecule has 1 aliphatic rings. The molecule has 8 nitrogen and oxygen atoms in total. The summed E-state index contributed by atoms with van der Waals surface area (Å²) in [4.78, 5) is 33.4. The molecular weight excluding hydrogens is 322 g/mol. The van der Waals surface area contributed by atoms with Crippen LogP contribution < -0.4 is 5.32 Å². The molecule has 1 N–H and O–H groups in total. The summed E-state index contributed by atoms with van der Waals surface area (Å²) in [6.45, 7) is 5.86. The number of carbonyl (C=O) groups excluding carboxylic acids is 2. The van der Waals surface area contributed by atoms with Gasteiger partial charge in [0.25, 0.3) is 5.78 Å². The molecule has 0 aliphatic heterocycles. The molecule has 2 aromatic rings. The van der Waals surface area contributed by atoms with Crippen LogP contribution in [-0.4, -0.2) is 43.6 Å². The first-order valence-electron chi connectivity index (χ1n) is 8.61. The summed E-state index contributed by atoms with van der Waals surface area (Å²) in [6, 6.07) is 1.90. The molecule has 0 spiro atoms. The van der Waals surface area contributed by atoms with E-state index in [4.69, 9.17) is 4.74 Å². The van der Waals surface area contributed by atoms with Crippen LogP contribution in [0.1, 0.15) is 49.8 Å². The Balaban J connectivity index is 1.75. The Morgan fingerprint density at radius 2 is 2.00 bits per heavy atom. The van der Waals surface area contributed by atoms with Gasteiger partial charge in [-0.15, -0.1) is 5.10 Å². The molecule has 0 unspecified atom stereocenters. The molecule has 2 heterocycles. The summed E-state index contributed by atoms with van der Waals surface area (Å²) in [5, 5.41) is 7.21. The Morgan fingerprint density at radius 1 is 1.28 bits per heavy atom. The highest BCUT2D eigenvalue weighted by atomic mass is 16.5. The van der Waals surface area contributed by atoms with Crippen molar-refractivity contribution in [2.45, 2.75) is 58.4 Å². The van der Waals surface area contributed by atoms with Crippen molar-refractivity contribution in [1.29, 1.82) is 0 Å². The Bertz CT molecular complexity index is 808. The largest absolute Gasteiger partial charge is 0.464 e. The second kappa shape index (κ2) is 6.78. The fourth-order valence-electron chi connectivity index (χ4n) is 3.37. The Hall–Kier alpha value is -2.51. The van der Waals surface area contributed by atoms with E-state index in [0.717, 1.165) is 24.2 Å². The van der Waals surface area contributed by atoms with Gasteiger partial charge in [-0.3, -0.25) is 4.79 Å². The smallest absolute Gasteiger partial charge is 0.331 e. The Morgan fingerprint density at radius 3 is 2.68 bits per heavy atom. The number of hydrogen-bond acceptors (Lipinski definition) is 6. The van der Waals surface area contributed by atoms with Gasteiger partial charge in [0, 0.05) is 11.4 Å². The van der Waals surface area contributed by atoms with E-state index in [1.54, 1.807) is 11.4 Å². The third kappa shape index (κ3) is 3.47. The molecule has 1 saturated carbocycles. The summed E-state index contributed by atoms with van der Waals surface area (Å²) in [6.07, 6.45) is 3.01. The topological polar surface area (TPSA) is 98.5 Å². The number of hydrogen-bond donors (Lipinski definition) is 1. The number of amides is 1. The van der Waals surface area contributed by atoms with E-state index in [9.17, 15) is 9.59 Å². The maximum absolute atomic E-state index is 12.5. The molecular formula is C17H23N5O3. The number of esters is 1. The average Bonchev–Trinajstić information content (AvgIpc) is 3.15. The number of rotatable bonds is 5. The second-order valence-electron chi connectivity index (χ2n) is 6.51.